The van der Waals surface area contributed by atoms with Crippen molar-refractivity contribution in [1.29, 1.82) is 0 Å². The Bertz CT molecular complexity index is 314. The minimum Gasteiger partial charge on any atom is -0.327 e. The Balaban J connectivity index is 2.83. The van der Waals surface area contributed by atoms with E-state index >= 15 is 0 Å². The molecule has 4 nitrogen and oxygen atoms in total. The van der Waals surface area contributed by atoms with Crippen molar-refractivity contribution in [3.8, 4) is 0 Å². The number of aryl methyl sites for hydroxylation is 2. The van der Waals surface area contributed by atoms with Crippen molar-refractivity contribution < 1.29 is 0 Å². The number of hydrogen-bond donors (Lipinski definition) is 1. The molecule has 2 N–H and O–H groups in total. The van der Waals surface area contributed by atoms with Crippen molar-refractivity contribution in [3.05, 3.63) is 23.8 Å². The minimum atomic E-state index is 0.504. The Kier molecular flexibility index (Phi) is 3.83. The van der Waals surface area contributed by atoms with Crippen LogP contribution in [0.3, 0.4) is 0 Å². The molecule has 0 aromatic carbocycles. The van der Waals surface area contributed by atoms with E-state index in [1.54, 1.807) is 0 Å². The summed E-state index contributed by atoms with van der Waals surface area (Å²) >= 11 is 0. The average molecular weight is 194 g/mol. The smallest absolute Gasteiger partial charge is 0.150 e. The molecular weight excluding hydrogens is 176 g/mol. The summed E-state index contributed by atoms with van der Waals surface area (Å²) in [4.78, 5) is 4.40. The van der Waals surface area contributed by atoms with E-state index in [9.17, 15) is 0 Å². The molecule has 0 saturated carbocycles. The van der Waals surface area contributed by atoms with Gasteiger partial charge in [0.25, 0.3) is 0 Å². The summed E-state index contributed by atoms with van der Waals surface area (Å²) in [5.41, 5.74) is 6.47. The van der Waals surface area contributed by atoms with Crippen molar-refractivity contribution in [1.82, 2.24) is 14.8 Å². The van der Waals surface area contributed by atoms with Crippen LogP contribution in [0.2, 0.25) is 0 Å². The van der Waals surface area contributed by atoms with Crippen LogP contribution in [0.25, 0.3) is 0 Å². The molecule has 1 aromatic heterocycles. The highest BCUT2D eigenvalue weighted by Gasteiger charge is 2.06. The summed E-state index contributed by atoms with van der Waals surface area (Å²) < 4.78 is 1.90. The van der Waals surface area contributed by atoms with Crippen LogP contribution >= 0.6 is 0 Å². The number of hydrogen-bond acceptors (Lipinski definition) is 3. The summed E-state index contributed by atoms with van der Waals surface area (Å²) in [5, 5.41) is 4.38. The molecule has 0 aliphatic carbocycles. The first-order valence-electron chi connectivity index (χ1n) is 5.00. The lowest BCUT2D eigenvalue weighted by atomic mass is 10.3. The third-order valence-electron chi connectivity index (χ3n) is 2.09. The fraction of sp³-hybridized carbons (Fsp3) is 0.600. The minimum absolute atomic E-state index is 0.504. The second-order valence-electron chi connectivity index (χ2n) is 3.26. The Morgan fingerprint density at radius 1 is 1.43 bits per heavy atom. The second kappa shape index (κ2) is 4.91. The van der Waals surface area contributed by atoms with Crippen molar-refractivity contribution in [2.45, 2.75) is 33.2 Å². The lowest BCUT2D eigenvalue weighted by molar-refractivity contribution is 0.625. The Morgan fingerprint density at radius 2 is 2.14 bits per heavy atom. The predicted molar refractivity (Wildman–Crippen MR) is 57.0 cm³/mol. The van der Waals surface area contributed by atoms with E-state index in [1.165, 1.54) is 0 Å². The van der Waals surface area contributed by atoms with Gasteiger partial charge in [-0.05, 0) is 5.57 Å². The first-order chi connectivity index (χ1) is 6.71. The maximum atomic E-state index is 5.49. The van der Waals surface area contributed by atoms with E-state index in [-0.39, 0.29) is 0 Å². The van der Waals surface area contributed by atoms with Crippen LogP contribution in [-0.2, 0) is 19.4 Å². The molecule has 0 atom stereocenters. The molecule has 0 saturated heterocycles. The summed E-state index contributed by atoms with van der Waals surface area (Å²) in [5.74, 6) is 1.91. The Morgan fingerprint density at radius 3 is 2.64 bits per heavy atom. The molecule has 0 unspecified atom stereocenters. The quantitative estimate of drug-likeness (QED) is 0.709. The van der Waals surface area contributed by atoms with Gasteiger partial charge >= 0.3 is 0 Å². The summed E-state index contributed by atoms with van der Waals surface area (Å²) in [7, 11) is 0. The number of nitrogens with zero attached hydrogens (tertiary/aromatic N) is 3. The lowest BCUT2D eigenvalue weighted by Gasteiger charge is -2.04. The van der Waals surface area contributed by atoms with E-state index in [0.29, 0.717) is 13.1 Å². The van der Waals surface area contributed by atoms with Gasteiger partial charge in [-0.25, -0.2) is 9.67 Å². The van der Waals surface area contributed by atoms with Gasteiger partial charge in [-0.2, -0.15) is 5.10 Å². The molecule has 0 fully saturated rings. The molecule has 14 heavy (non-hydrogen) atoms. The van der Waals surface area contributed by atoms with Gasteiger partial charge in [0.1, 0.15) is 5.82 Å². The van der Waals surface area contributed by atoms with Crippen LogP contribution < -0.4 is 5.73 Å². The first-order valence-corrected chi connectivity index (χ1v) is 5.00. The normalized spacial score (nSPS) is 10.5. The van der Waals surface area contributed by atoms with Crippen LogP contribution in [0.5, 0.6) is 0 Å². The van der Waals surface area contributed by atoms with Crippen LogP contribution in [-0.4, -0.2) is 21.3 Å². The van der Waals surface area contributed by atoms with E-state index in [4.69, 9.17) is 5.73 Å². The van der Waals surface area contributed by atoms with Crippen LogP contribution in [0.15, 0.2) is 12.2 Å². The van der Waals surface area contributed by atoms with Gasteiger partial charge in [-0.1, -0.05) is 20.4 Å². The number of rotatable bonds is 5. The largest absolute Gasteiger partial charge is 0.327 e. The van der Waals surface area contributed by atoms with Crippen molar-refractivity contribution in [2.24, 2.45) is 5.73 Å². The molecule has 1 rings (SSSR count). The van der Waals surface area contributed by atoms with Gasteiger partial charge < -0.3 is 5.73 Å². The SMILES string of the molecule is C=C(CN)Cn1nc(CC)nc1CC. The predicted octanol–water partition coefficient (Wildman–Crippen LogP) is 0.918. The summed E-state index contributed by atoms with van der Waals surface area (Å²) in [6.45, 7) is 9.18. The zero-order chi connectivity index (χ0) is 10.6. The molecule has 0 bridgehead atoms. The standard InChI is InChI=1S/C10H18N4/c1-4-9-12-10(5-2)14(13-9)7-8(3)6-11/h3-7,11H2,1-2H3. The zero-order valence-corrected chi connectivity index (χ0v) is 8.95. The topological polar surface area (TPSA) is 56.7 Å². The van der Waals surface area contributed by atoms with E-state index in [0.717, 1.165) is 30.1 Å². The zero-order valence-electron chi connectivity index (χ0n) is 8.95. The Labute approximate surface area is 84.8 Å². The lowest BCUT2D eigenvalue weighted by Crippen LogP contribution is -2.12. The van der Waals surface area contributed by atoms with Gasteiger partial charge in [-0.15, -0.1) is 0 Å². The molecule has 0 aliphatic heterocycles. The van der Waals surface area contributed by atoms with Crippen molar-refractivity contribution >= 4 is 0 Å². The monoisotopic (exact) mass is 194 g/mol. The highest BCUT2D eigenvalue weighted by atomic mass is 15.3. The highest BCUT2D eigenvalue weighted by molar-refractivity contribution is 5.00. The van der Waals surface area contributed by atoms with Gasteiger partial charge in [0.05, 0.1) is 6.54 Å². The van der Waals surface area contributed by atoms with Gasteiger partial charge in [0.2, 0.25) is 0 Å². The fourth-order valence-corrected chi connectivity index (χ4v) is 1.24. The Hall–Kier alpha value is -1.16. The van der Waals surface area contributed by atoms with Crippen LogP contribution in [0.1, 0.15) is 25.5 Å². The molecular formula is C10H18N4. The van der Waals surface area contributed by atoms with E-state index < -0.39 is 0 Å². The second-order valence-corrected chi connectivity index (χ2v) is 3.26. The molecule has 0 aliphatic rings. The average Bonchev–Trinajstić information content (AvgIpc) is 2.60. The molecule has 0 spiro atoms. The van der Waals surface area contributed by atoms with Crippen LogP contribution in [0, 0.1) is 0 Å². The van der Waals surface area contributed by atoms with Crippen molar-refractivity contribution in [2.75, 3.05) is 6.54 Å². The maximum Gasteiger partial charge on any atom is 0.150 e. The molecule has 4 heteroatoms. The first kappa shape index (κ1) is 10.9. The van der Waals surface area contributed by atoms with E-state index in [2.05, 4.69) is 30.5 Å². The summed E-state index contributed by atoms with van der Waals surface area (Å²) in [6, 6.07) is 0. The fourth-order valence-electron chi connectivity index (χ4n) is 1.24. The highest BCUT2D eigenvalue weighted by Crippen LogP contribution is 2.03. The molecule has 1 heterocycles. The molecule has 0 radical (unpaired) electrons. The molecule has 78 valence electrons. The number of aromatic nitrogens is 3. The molecule has 0 amide bonds. The van der Waals surface area contributed by atoms with Gasteiger partial charge in [-0.3, -0.25) is 0 Å². The third kappa shape index (κ3) is 2.42. The molecule has 1 aromatic rings. The van der Waals surface area contributed by atoms with Crippen molar-refractivity contribution in [3.63, 3.8) is 0 Å². The third-order valence-corrected chi connectivity index (χ3v) is 2.09. The van der Waals surface area contributed by atoms with Gasteiger partial charge in [0.15, 0.2) is 5.82 Å². The van der Waals surface area contributed by atoms with E-state index in [1.807, 2.05) is 4.68 Å². The maximum absolute atomic E-state index is 5.49. The van der Waals surface area contributed by atoms with Gasteiger partial charge in [0, 0.05) is 19.4 Å². The number of nitrogens with two attached hydrogens (primary N) is 1. The summed E-state index contributed by atoms with van der Waals surface area (Å²) in [6.07, 6.45) is 1.76. The van der Waals surface area contributed by atoms with Crippen LogP contribution in [0.4, 0.5) is 0 Å².